The highest BCUT2D eigenvalue weighted by molar-refractivity contribution is 5.98. The number of carboxylic acids is 1. The molecule has 0 spiro atoms. The predicted molar refractivity (Wildman–Crippen MR) is 140 cm³/mol. The molecule has 182 valence electrons. The van der Waals surface area contributed by atoms with E-state index in [-0.39, 0.29) is 18.4 Å². The van der Waals surface area contributed by atoms with Gasteiger partial charge in [0.05, 0.1) is 28.5 Å². The number of benzene rings is 3. The Bertz CT molecular complexity index is 1370. The van der Waals surface area contributed by atoms with Crippen molar-refractivity contribution in [3.63, 3.8) is 0 Å². The van der Waals surface area contributed by atoms with Crippen LogP contribution in [0.1, 0.15) is 59.8 Å². The van der Waals surface area contributed by atoms with Gasteiger partial charge in [-0.15, -0.1) is 0 Å². The van der Waals surface area contributed by atoms with Crippen LogP contribution in [-0.4, -0.2) is 38.4 Å². The molecule has 6 nitrogen and oxygen atoms in total. The van der Waals surface area contributed by atoms with Gasteiger partial charge in [-0.05, 0) is 55.9 Å². The van der Waals surface area contributed by atoms with Gasteiger partial charge in [0.1, 0.15) is 0 Å². The van der Waals surface area contributed by atoms with E-state index in [0.29, 0.717) is 30.3 Å². The van der Waals surface area contributed by atoms with Crippen molar-refractivity contribution in [2.75, 3.05) is 6.54 Å². The first kappa shape index (κ1) is 23.7. The lowest BCUT2D eigenvalue weighted by Gasteiger charge is -2.25. The van der Waals surface area contributed by atoms with Crippen molar-refractivity contribution in [1.29, 1.82) is 0 Å². The fraction of sp³-hybridized carbons (Fsp3) is 0.267. The van der Waals surface area contributed by atoms with E-state index in [1.54, 1.807) is 0 Å². The van der Waals surface area contributed by atoms with E-state index in [2.05, 4.69) is 12.1 Å². The number of fused-ring (bicyclic) bond motifs is 1. The summed E-state index contributed by atoms with van der Waals surface area (Å²) in [7, 11) is 0. The molecule has 1 saturated heterocycles. The second-order valence-corrected chi connectivity index (χ2v) is 9.26. The average molecular weight is 480 g/mol. The first-order valence-corrected chi connectivity index (χ1v) is 12.5. The fourth-order valence-electron chi connectivity index (χ4n) is 4.99. The van der Waals surface area contributed by atoms with E-state index in [4.69, 9.17) is 15.1 Å². The normalized spacial score (nSPS) is 15.3. The smallest absolute Gasteiger partial charge is 0.303 e. The van der Waals surface area contributed by atoms with Crippen LogP contribution in [0.3, 0.4) is 0 Å². The second-order valence-electron chi connectivity index (χ2n) is 9.26. The number of aliphatic carboxylic acids is 1. The van der Waals surface area contributed by atoms with Crippen molar-refractivity contribution >= 4 is 22.9 Å². The molecule has 1 aliphatic rings. The van der Waals surface area contributed by atoms with Crippen molar-refractivity contribution in [3.8, 4) is 11.3 Å². The number of aryl methyl sites for hydroxylation is 1. The van der Waals surface area contributed by atoms with Gasteiger partial charge in [-0.3, -0.25) is 9.59 Å². The number of aromatic nitrogens is 2. The molecule has 6 heteroatoms. The number of amides is 1. The Hall–Kier alpha value is -4.06. The summed E-state index contributed by atoms with van der Waals surface area (Å²) >= 11 is 0. The molecule has 1 unspecified atom stereocenters. The van der Waals surface area contributed by atoms with Crippen molar-refractivity contribution in [3.05, 3.63) is 95.7 Å². The van der Waals surface area contributed by atoms with E-state index < -0.39 is 5.97 Å². The zero-order valence-electron chi connectivity index (χ0n) is 20.1. The van der Waals surface area contributed by atoms with Crippen LogP contribution in [0.15, 0.2) is 78.9 Å². The lowest BCUT2D eigenvalue weighted by Crippen LogP contribution is -2.30. The number of unbranched alkanes of at least 4 members (excludes halogenated alkanes) is 1. The summed E-state index contributed by atoms with van der Waals surface area (Å²) in [6.45, 7) is 0.740. The molecule has 1 fully saturated rings. The molecule has 1 amide bonds. The van der Waals surface area contributed by atoms with E-state index in [9.17, 15) is 9.59 Å². The molecule has 36 heavy (non-hydrogen) atoms. The molecule has 3 aromatic carbocycles. The Morgan fingerprint density at radius 1 is 0.889 bits per heavy atom. The number of carbonyl (C=O) groups excluding carboxylic acids is 1. The van der Waals surface area contributed by atoms with E-state index >= 15 is 0 Å². The number of hydrogen-bond donors (Lipinski definition) is 1. The molecule has 4 aromatic rings. The van der Waals surface area contributed by atoms with Gasteiger partial charge >= 0.3 is 5.97 Å². The highest BCUT2D eigenvalue weighted by Crippen LogP contribution is 2.33. The zero-order valence-corrected chi connectivity index (χ0v) is 20.1. The first-order valence-electron chi connectivity index (χ1n) is 12.5. The van der Waals surface area contributed by atoms with Gasteiger partial charge < -0.3 is 10.0 Å². The molecule has 2 heterocycles. The van der Waals surface area contributed by atoms with Crippen LogP contribution in [0.4, 0.5) is 0 Å². The topological polar surface area (TPSA) is 83.4 Å². The first-order chi connectivity index (χ1) is 17.6. The Kier molecular flexibility index (Phi) is 7.03. The summed E-state index contributed by atoms with van der Waals surface area (Å²) in [5.41, 5.74) is 5.81. The predicted octanol–water partition coefficient (Wildman–Crippen LogP) is 6.07. The molecular formula is C30H29N3O3. The van der Waals surface area contributed by atoms with Crippen molar-refractivity contribution in [2.45, 2.75) is 44.6 Å². The third-order valence-corrected chi connectivity index (χ3v) is 6.78. The van der Waals surface area contributed by atoms with Gasteiger partial charge in [-0.2, -0.15) is 0 Å². The molecule has 0 saturated carbocycles. The van der Waals surface area contributed by atoms with Crippen molar-refractivity contribution < 1.29 is 14.7 Å². The van der Waals surface area contributed by atoms with E-state index in [1.807, 2.05) is 71.6 Å². The zero-order chi connectivity index (χ0) is 24.9. The van der Waals surface area contributed by atoms with Crippen LogP contribution in [0, 0.1) is 0 Å². The molecule has 0 bridgehead atoms. The summed E-state index contributed by atoms with van der Waals surface area (Å²) in [6, 6.07) is 25.8. The van der Waals surface area contributed by atoms with Crippen LogP contribution in [0.2, 0.25) is 0 Å². The second kappa shape index (κ2) is 10.7. The van der Waals surface area contributed by atoms with Gasteiger partial charge in [0, 0.05) is 24.1 Å². The van der Waals surface area contributed by atoms with Gasteiger partial charge in [-0.1, -0.05) is 60.7 Å². The Balaban J connectivity index is 1.46. The van der Waals surface area contributed by atoms with Gasteiger partial charge in [0.25, 0.3) is 5.91 Å². The van der Waals surface area contributed by atoms with Gasteiger partial charge in [0.2, 0.25) is 0 Å². The molecule has 0 radical (unpaired) electrons. The van der Waals surface area contributed by atoms with Crippen LogP contribution >= 0.6 is 0 Å². The standard InChI is InChI=1S/C30H29N3O3/c34-28(35)16-8-7-14-25-29(22-12-5-2-6-13-22)32-24-18-17-23(20-26(24)31-25)30(36)33-19-9-15-27(33)21-10-3-1-4-11-21/h1-6,10-13,17-18,20,27H,7-9,14-16,19H2,(H,34,35). The van der Waals surface area contributed by atoms with Crippen molar-refractivity contribution in [1.82, 2.24) is 14.9 Å². The number of hydrogen-bond acceptors (Lipinski definition) is 4. The number of carbonyl (C=O) groups is 2. The van der Waals surface area contributed by atoms with E-state index in [0.717, 1.165) is 41.9 Å². The Labute approximate surface area is 210 Å². The summed E-state index contributed by atoms with van der Waals surface area (Å²) in [6.07, 6.45) is 4.00. The lowest BCUT2D eigenvalue weighted by atomic mass is 10.0. The maximum absolute atomic E-state index is 13.5. The third kappa shape index (κ3) is 5.13. The largest absolute Gasteiger partial charge is 0.481 e. The minimum absolute atomic E-state index is 0.0141. The molecule has 1 aromatic heterocycles. The number of likely N-dealkylation sites (tertiary alicyclic amines) is 1. The lowest BCUT2D eigenvalue weighted by molar-refractivity contribution is -0.137. The molecule has 1 N–H and O–H groups in total. The molecule has 5 rings (SSSR count). The number of rotatable bonds is 8. The SMILES string of the molecule is O=C(O)CCCCc1nc2cc(C(=O)N3CCCC3c3ccccc3)ccc2nc1-c1ccccc1. The molecule has 1 atom stereocenters. The van der Waals surface area contributed by atoms with Gasteiger partial charge in [0.15, 0.2) is 0 Å². The number of carboxylic acid groups (broad SMARTS) is 1. The highest BCUT2D eigenvalue weighted by Gasteiger charge is 2.30. The monoisotopic (exact) mass is 479 g/mol. The van der Waals surface area contributed by atoms with E-state index in [1.165, 1.54) is 5.56 Å². The Morgan fingerprint density at radius 3 is 2.39 bits per heavy atom. The molecular weight excluding hydrogens is 450 g/mol. The van der Waals surface area contributed by atoms with Crippen LogP contribution in [-0.2, 0) is 11.2 Å². The fourth-order valence-corrected chi connectivity index (χ4v) is 4.99. The number of nitrogens with zero attached hydrogens (tertiary/aromatic N) is 3. The Morgan fingerprint density at radius 2 is 1.64 bits per heavy atom. The molecule has 1 aliphatic heterocycles. The highest BCUT2D eigenvalue weighted by atomic mass is 16.4. The maximum atomic E-state index is 13.5. The summed E-state index contributed by atoms with van der Waals surface area (Å²) in [5.74, 6) is -0.776. The minimum Gasteiger partial charge on any atom is -0.481 e. The van der Waals surface area contributed by atoms with Crippen LogP contribution in [0.5, 0.6) is 0 Å². The third-order valence-electron chi connectivity index (χ3n) is 6.78. The summed E-state index contributed by atoms with van der Waals surface area (Å²) in [4.78, 5) is 36.3. The average Bonchev–Trinajstić information content (AvgIpc) is 3.41. The minimum atomic E-state index is -0.790. The maximum Gasteiger partial charge on any atom is 0.303 e. The van der Waals surface area contributed by atoms with Crippen LogP contribution in [0.25, 0.3) is 22.3 Å². The summed E-state index contributed by atoms with van der Waals surface area (Å²) in [5, 5.41) is 8.98. The quantitative estimate of drug-likeness (QED) is 0.310. The summed E-state index contributed by atoms with van der Waals surface area (Å²) < 4.78 is 0. The van der Waals surface area contributed by atoms with Crippen LogP contribution < -0.4 is 0 Å². The molecule has 0 aliphatic carbocycles. The van der Waals surface area contributed by atoms with Gasteiger partial charge in [-0.25, -0.2) is 9.97 Å². The van der Waals surface area contributed by atoms with Crippen molar-refractivity contribution in [2.24, 2.45) is 0 Å².